The number of nitrogens with zero attached hydrogens (tertiary/aromatic N) is 5. The van der Waals surface area contributed by atoms with Crippen LogP contribution in [0, 0.1) is 13.8 Å². The average Bonchev–Trinajstić information content (AvgIpc) is 2.87. The number of hydrogen-bond donors (Lipinski definition) is 0. The maximum absolute atomic E-state index is 13.2. The fourth-order valence-electron chi connectivity index (χ4n) is 4.16. The van der Waals surface area contributed by atoms with Gasteiger partial charge in [-0.25, -0.2) is 4.68 Å². The van der Waals surface area contributed by atoms with Crippen LogP contribution >= 0.6 is 0 Å². The second kappa shape index (κ2) is 7.29. The van der Waals surface area contributed by atoms with E-state index in [1.807, 2.05) is 25.8 Å². The van der Waals surface area contributed by atoms with Gasteiger partial charge in [0.1, 0.15) is 6.04 Å². The molecule has 0 radical (unpaired) electrons. The zero-order chi connectivity index (χ0) is 19.9. The molecule has 3 rings (SSSR count). The largest absolute Gasteiger partial charge is 0.335 e. The maximum Gasteiger partial charge on any atom is 0.267 e. The van der Waals surface area contributed by atoms with E-state index in [0.717, 1.165) is 36.2 Å². The van der Waals surface area contributed by atoms with Crippen molar-refractivity contribution in [3.05, 3.63) is 33.9 Å². The molecule has 1 aliphatic rings. The van der Waals surface area contributed by atoms with Crippen LogP contribution in [0.1, 0.15) is 57.5 Å². The van der Waals surface area contributed by atoms with E-state index in [1.165, 1.54) is 10.7 Å². The first-order valence-corrected chi connectivity index (χ1v) is 9.65. The normalized spacial score (nSPS) is 21.3. The van der Waals surface area contributed by atoms with Gasteiger partial charge in [-0.1, -0.05) is 0 Å². The molecule has 27 heavy (non-hydrogen) atoms. The summed E-state index contributed by atoms with van der Waals surface area (Å²) in [5, 5.41) is 8.97. The average molecular weight is 371 g/mol. The van der Waals surface area contributed by atoms with E-state index in [0.29, 0.717) is 5.69 Å². The van der Waals surface area contributed by atoms with Gasteiger partial charge in [0.15, 0.2) is 0 Å². The summed E-state index contributed by atoms with van der Waals surface area (Å²) in [6.07, 6.45) is 3.13. The van der Waals surface area contributed by atoms with E-state index in [4.69, 9.17) is 0 Å². The molecule has 0 unspecified atom stereocenters. The lowest BCUT2D eigenvalue weighted by Gasteiger charge is -2.40. The molecule has 0 bridgehead atoms. The summed E-state index contributed by atoms with van der Waals surface area (Å²) < 4.78 is 3.12. The summed E-state index contributed by atoms with van der Waals surface area (Å²) in [4.78, 5) is 27.6. The Hall–Kier alpha value is -2.44. The summed E-state index contributed by atoms with van der Waals surface area (Å²) in [6, 6.07) is 2.92. The first-order chi connectivity index (χ1) is 12.7. The molecule has 1 saturated heterocycles. The van der Waals surface area contributed by atoms with Crippen molar-refractivity contribution in [1.82, 2.24) is 24.5 Å². The van der Waals surface area contributed by atoms with E-state index >= 15 is 0 Å². The number of aromatic nitrogens is 4. The van der Waals surface area contributed by atoms with Crippen molar-refractivity contribution in [3.63, 3.8) is 0 Å². The highest BCUT2D eigenvalue weighted by Gasteiger charge is 2.33. The Morgan fingerprint density at radius 2 is 1.78 bits per heavy atom. The third-order valence-electron chi connectivity index (χ3n) is 5.76. The lowest BCUT2D eigenvalue weighted by molar-refractivity contribution is -0.140. The van der Waals surface area contributed by atoms with E-state index in [2.05, 4.69) is 24.0 Å². The number of carbonyl (C=O) groups is 1. The lowest BCUT2D eigenvalue weighted by atomic mass is 9.96. The Kier molecular flexibility index (Phi) is 5.22. The van der Waals surface area contributed by atoms with Crippen LogP contribution in [0.5, 0.6) is 0 Å². The Labute approximate surface area is 160 Å². The molecule has 1 aliphatic heterocycles. The number of hydrogen-bond acceptors (Lipinski definition) is 4. The third-order valence-corrected chi connectivity index (χ3v) is 5.76. The Morgan fingerprint density at radius 3 is 2.33 bits per heavy atom. The Balaban J connectivity index is 1.99. The smallest absolute Gasteiger partial charge is 0.267 e. The number of rotatable bonds is 3. The second-order valence-electron chi connectivity index (χ2n) is 7.72. The van der Waals surface area contributed by atoms with Crippen LogP contribution in [-0.4, -0.2) is 42.5 Å². The topological polar surface area (TPSA) is 73.0 Å². The summed E-state index contributed by atoms with van der Waals surface area (Å²) >= 11 is 0. The van der Waals surface area contributed by atoms with E-state index in [1.54, 1.807) is 17.7 Å². The maximum atomic E-state index is 13.2. The highest BCUT2D eigenvalue weighted by atomic mass is 16.2. The van der Waals surface area contributed by atoms with Crippen molar-refractivity contribution in [2.24, 2.45) is 7.05 Å². The predicted octanol–water partition coefficient (Wildman–Crippen LogP) is 2.61. The van der Waals surface area contributed by atoms with Crippen molar-refractivity contribution in [1.29, 1.82) is 0 Å². The van der Waals surface area contributed by atoms with Gasteiger partial charge in [0.25, 0.3) is 5.56 Å². The molecule has 0 aliphatic carbocycles. The lowest BCUT2D eigenvalue weighted by Crippen LogP contribution is -2.50. The summed E-state index contributed by atoms with van der Waals surface area (Å²) in [5.41, 5.74) is 3.13. The van der Waals surface area contributed by atoms with Gasteiger partial charge in [0, 0.05) is 36.5 Å². The first kappa shape index (κ1) is 19.3. The summed E-state index contributed by atoms with van der Waals surface area (Å²) in [7, 11) is 1.88. The quantitative estimate of drug-likeness (QED) is 0.831. The molecule has 0 saturated carbocycles. The molecule has 1 fully saturated rings. The first-order valence-electron chi connectivity index (χ1n) is 9.65. The number of carbonyl (C=O) groups excluding carboxylic acids is 1. The SMILES string of the molecule is Cc1nn(C)c(C)c1-c1ccc(=O)n([C@H](C)C(=O)N2[C@@H](C)CCC[C@@H]2C)n1. The Bertz CT molecular complexity index is 904. The molecule has 1 amide bonds. The van der Waals surface area contributed by atoms with Crippen LogP contribution in [0.15, 0.2) is 16.9 Å². The van der Waals surface area contributed by atoms with Gasteiger partial charge in [0.2, 0.25) is 5.91 Å². The number of piperidine rings is 1. The van der Waals surface area contributed by atoms with Crippen LogP contribution in [0.4, 0.5) is 0 Å². The van der Waals surface area contributed by atoms with Crippen LogP contribution < -0.4 is 5.56 Å². The van der Waals surface area contributed by atoms with Gasteiger partial charge in [-0.2, -0.15) is 10.2 Å². The van der Waals surface area contributed by atoms with Crippen molar-refractivity contribution in [2.45, 2.75) is 72.0 Å². The molecule has 2 aromatic heterocycles. The minimum absolute atomic E-state index is 0.0407. The standard InChI is InChI=1S/C20H29N5O2/c1-12-8-7-9-13(2)24(12)20(27)16(5)25-18(26)11-10-17(22-25)19-14(3)21-23(6)15(19)4/h10-13,16H,7-9H2,1-6H3/t12-,13-,16+/m0/s1. The zero-order valence-corrected chi connectivity index (χ0v) is 17.1. The van der Waals surface area contributed by atoms with Crippen molar-refractivity contribution in [3.8, 4) is 11.3 Å². The number of likely N-dealkylation sites (tertiary alicyclic amines) is 1. The molecule has 0 spiro atoms. The number of amides is 1. The highest BCUT2D eigenvalue weighted by molar-refractivity contribution is 5.80. The fraction of sp³-hybridized carbons (Fsp3) is 0.600. The highest BCUT2D eigenvalue weighted by Crippen LogP contribution is 2.27. The molecular weight excluding hydrogens is 342 g/mol. The van der Waals surface area contributed by atoms with Gasteiger partial charge in [-0.3, -0.25) is 14.3 Å². The molecule has 3 heterocycles. The molecule has 7 heteroatoms. The van der Waals surface area contributed by atoms with Crippen LogP contribution in [0.2, 0.25) is 0 Å². The molecule has 0 aromatic carbocycles. The molecular formula is C20H29N5O2. The number of aryl methyl sites for hydroxylation is 2. The van der Waals surface area contributed by atoms with Crippen LogP contribution in [0.25, 0.3) is 11.3 Å². The molecule has 2 aromatic rings. The van der Waals surface area contributed by atoms with Crippen LogP contribution in [-0.2, 0) is 11.8 Å². The summed E-state index contributed by atoms with van der Waals surface area (Å²) in [5.74, 6) is -0.0407. The van der Waals surface area contributed by atoms with Crippen molar-refractivity contribution in [2.75, 3.05) is 0 Å². The predicted molar refractivity (Wildman–Crippen MR) is 105 cm³/mol. The molecule has 0 N–H and O–H groups in total. The van der Waals surface area contributed by atoms with Gasteiger partial charge < -0.3 is 4.90 Å². The third kappa shape index (κ3) is 3.42. The van der Waals surface area contributed by atoms with Crippen LogP contribution in [0.3, 0.4) is 0 Å². The van der Waals surface area contributed by atoms with Gasteiger partial charge in [0.05, 0.1) is 11.4 Å². The van der Waals surface area contributed by atoms with Gasteiger partial charge in [-0.05, 0) is 59.9 Å². The van der Waals surface area contributed by atoms with E-state index in [9.17, 15) is 9.59 Å². The van der Waals surface area contributed by atoms with E-state index < -0.39 is 6.04 Å². The molecule has 7 nitrogen and oxygen atoms in total. The minimum atomic E-state index is -0.641. The Morgan fingerprint density at radius 1 is 1.15 bits per heavy atom. The minimum Gasteiger partial charge on any atom is -0.335 e. The van der Waals surface area contributed by atoms with Gasteiger partial charge >= 0.3 is 0 Å². The van der Waals surface area contributed by atoms with E-state index in [-0.39, 0.29) is 23.6 Å². The molecule has 146 valence electrons. The summed E-state index contributed by atoms with van der Waals surface area (Å²) in [6.45, 7) is 9.81. The molecule has 3 atom stereocenters. The fourth-order valence-corrected chi connectivity index (χ4v) is 4.16. The van der Waals surface area contributed by atoms with Crippen molar-refractivity contribution < 1.29 is 4.79 Å². The van der Waals surface area contributed by atoms with Gasteiger partial charge in [-0.15, -0.1) is 0 Å². The monoisotopic (exact) mass is 371 g/mol. The zero-order valence-electron chi connectivity index (χ0n) is 17.1. The van der Waals surface area contributed by atoms with Crippen molar-refractivity contribution >= 4 is 5.91 Å². The second-order valence-corrected chi connectivity index (χ2v) is 7.72.